The number of nitrogens with zero attached hydrogens (tertiary/aromatic N) is 1. The second-order valence-electron chi connectivity index (χ2n) is 5.03. The fraction of sp³-hybridized carbons (Fsp3) is 0.917. The van der Waals surface area contributed by atoms with E-state index in [-0.39, 0.29) is 0 Å². The van der Waals surface area contributed by atoms with Crippen LogP contribution in [0.25, 0.3) is 0 Å². The zero-order chi connectivity index (χ0) is 11.6. The van der Waals surface area contributed by atoms with Crippen LogP contribution in [0.3, 0.4) is 0 Å². The van der Waals surface area contributed by atoms with Crippen LogP contribution in [-0.4, -0.2) is 46.6 Å². The molecule has 2 fully saturated rings. The summed E-state index contributed by atoms with van der Waals surface area (Å²) < 4.78 is 0. The van der Waals surface area contributed by atoms with Gasteiger partial charge in [-0.05, 0) is 38.0 Å². The Morgan fingerprint density at radius 1 is 1.62 bits per heavy atom. The predicted molar refractivity (Wildman–Crippen MR) is 66.9 cm³/mol. The van der Waals surface area contributed by atoms with E-state index in [2.05, 4.69) is 4.90 Å². The Balaban J connectivity index is 2.04. The standard InChI is InChI=1S/C12H21NO2S/c1-2-12(11(14)15)5-3-6-13(9-12)10-4-7-16-8-10/h10H,2-9H2,1H3,(H,14,15). The molecule has 0 spiro atoms. The van der Waals surface area contributed by atoms with Gasteiger partial charge in [0.05, 0.1) is 5.41 Å². The van der Waals surface area contributed by atoms with Crippen molar-refractivity contribution in [2.75, 3.05) is 24.6 Å². The lowest BCUT2D eigenvalue weighted by molar-refractivity contribution is -0.153. The van der Waals surface area contributed by atoms with Gasteiger partial charge >= 0.3 is 5.97 Å². The highest BCUT2D eigenvalue weighted by atomic mass is 32.2. The van der Waals surface area contributed by atoms with Crippen LogP contribution in [0.5, 0.6) is 0 Å². The molecule has 2 aliphatic heterocycles. The first-order valence-corrected chi connectivity index (χ1v) is 7.38. The third kappa shape index (κ3) is 2.23. The van der Waals surface area contributed by atoms with Gasteiger partial charge in [0.15, 0.2) is 0 Å². The number of carbonyl (C=O) groups is 1. The van der Waals surface area contributed by atoms with Gasteiger partial charge in [0, 0.05) is 18.3 Å². The van der Waals surface area contributed by atoms with Crippen molar-refractivity contribution < 1.29 is 9.90 Å². The van der Waals surface area contributed by atoms with Crippen LogP contribution >= 0.6 is 11.8 Å². The van der Waals surface area contributed by atoms with E-state index in [1.807, 2.05) is 18.7 Å². The monoisotopic (exact) mass is 243 g/mol. The molecule has 0 aromatic rings. The highest BCUT2D eigenvalue weighted by molar-refractivity contribution is 7.99. The van der Waals surface area contributed by atoms with Crippen LogP contribution in [-0.2, 0) is 4.79 Å². The van der Waals surface area contributed by atoms with Crippen molar-refractivity contribution in [3.63, 3.8) is 0 Å². The summed E-state index contributed by atoms with van der Waals surface area (Å²) in [6.07, 6.45) is 3.90. The van der Waals surface area contributed by atoms with Crippen molar-refractivity contribution in [3.8, 4) is 0 Å². The fourth-order valence-corrected chi connectivity index (χ4v) is 4.16. The van der Waals surface area contributed by atoms with Gasteiger partial charge in [-0.15, -0.1) is 0 Å². The summed E-state index contributed by atoms with van der Waals surface area (Å²) >= 11 is 2.00. The topological polar surface area (TPSA) is 40.5 Å². The predicted octanol–water partition coefficient (Wildman–Crippen LogP) is 2.07. The Bertz CT molecular complexity index is 266. The van der Waals surface area contributed by atoms with Gasteiger partial charge in [0.25, 0.3) is 0 Å². The molecule has 0 bridgehead atoms. The van der Waals surface area contributed by atoms with Gasteiger partial charge < -0.3 is 5.11 Å². The summed E-state index contributed by atoms with van der Waals surface area (Å²) in [6.45, 7) is 3.88. The highest BCUT2D eigenvalue weighted by Crippen LogP contribution is 2.36. The van der Waals surface area contributed by atoms with Gasteiger partial charge in [0.1, 0.15) is 0 Å². The van der Waals surface area contributed by atoms with Crippen LogP contribution in [0.15, 0.2) is 0 Å². The van der Waals surface area contributed by atoms with Gasteiger partial charge in [-0.2, -0.15) is 11.8 Å². The normalized spacial score (nSPS) is 36.4. The van der Waals surface area contributed by atoms with E-state index in [0.717, 1.165) is 32.4 Å². The second kappa shape index (κ2) is 4.96. The lowest BCUT2D eigenvalue weighted by Crippen LogP contribution is -2.51. The van der Waals surface area contributed by atoms with Crippen LogP contribution in [0.1, 0.15) is 32.6 Å². The lowest BCUT2D eigenvalue weighted by atomic mass is 9.77. The molecular weight excluding hydrogens is 222 g/mol. The number of aliphatic carboxylic acids is 1. The number of hydrogen-bond acceptors (Lipinski definition) is 3. The quantitative estimate of drug-likeness (QED) is 0.824. The second-order valence-corrected chi connectivity index (χ2v) is 6.18. The molecule has 3 nitrogen and oxygen atoms in total. The molecule has 0 aromatic carbocycles. The average Bonchev–Trinajstić information content (AvgIpc) is 2.82. The first-order chi connectivity index (χ1) is 7.68. The van der Waals surface area contributed by atoms with Gasteiger partial charge in [-0.3, -0.25) is 9.69 Å². The summed E-state index contributed by atoms with van der Waals surface area (Å²) in [5, 5.41) is 9.42. The summed E-state index contributed by atoms with van der Waals surface area (Å²) in [7, 11) is 0. The van der Waals surface area contributed by atoms with Crippen molar-refractivity contribution in [1.29, 1.82) is 0 Å². The first-order valence-electron chi connectivity index (χ1n) is 6.23. The van der Waals surface area contributed by atoms with Crippen molar-refractivity contribution >= 4 is 17.7 Å². The van der Waals surface area contributed by atoms with Crippen LogP contribution in [0, 0.1) is 5.41 Å². The SMILES string of the molecule is CCC1(C(=O)O)CCCN(C2CCSC2)C1. The average molecular weight is 243 g/mol. The zero-order valence-electron chi connectivity index (χ0n) is 9.95. The van der Waals surface area contributed by atoms with E-state index in [9.17, 15) is 9.90 Å². The summed E-state index contributed by atoms with van der Waals surface area (Å²) in [5.41, 5.74) is -0.467. The van der Waals surface area contributed by atoms with Crippen molar-refractivity contribution in [2.24, 2.45) is 5.41 Å². The molecule has 2 saturated heterocycles. The lowest BCUT2D eigenvalue weighted by Gasteiger charge is -2.42. The molecule has 2 rings (SSSR count). The number of rotatable bonds is 3. The number of hydrogen-bond donors (Lipinski definition) is 1. The van der Waals surface area contributed by atoms with E-state index in [1.165, 1.54) is 17.9 Å². The number of piperidine rings is 1. The summed E-state index contributed by atoms with van der Waals surface area (Å²) in [4.78, 5) is 13.9. The van der Waals surface area contributed by atoms with Crippen LogP contribution in [0.4, 0.5) is 0 Å². The van der Waals surface area contributed by atoms with Gasteiger partial charge in [0.2, 0.25) is 0 Å². The number of carboxylic acid groups (broad SMARTS) is 1. The molecule has 2 heterocycles. The molecule has 2 atom stereocenters. The maximum absolute atomic E-state index is 11.4. The molecule has 0 saturated carbocycles. The minimum absolute atomic E-state index is 0.467. The molecular formula is C12H21NO2S. The smallest absolute Gasteiger partial charge is 0.310 e. The first kappa shape index (κ1) is 12.2. The van der Waals surface area contributed by atoms with Crippen molar-refractivity contribution in [2.45, 2.75) is 38.6 Å². The molecule has 2 unspecified atom stereocenters. The number of likely N-dealkylation sites (tertiary alicyclic amines) is 1. The highest BCUT2D eigenvalue weighted by Gasteiger charge is 2.42. The molecule has 4 heteroatoms. The van der Waals surface area contributed by atoms with Crippen LogP contribution < -0.4 is 0 Å². The van der Waals surface area contributed by atoms with E-state index in [0.29, 0.717) is 6.04 Å². The molecule has 0 aromatic heterocycles. The maximum Gasteiger partial charge on any atom is 0.310 e. The summed E-state index contributed by atoms with van der Waals surface area (Å²) in [6, 6.07) is 0.635. The van der Waals surface area contributed by atoms with E-state index < -0.39 is 11.4 Å². The van der Waals surface area contributed by atoms with E-state index >= 15 is 0 Å². The number of carboxylic acids is 1. The molecule has 1 N–H and O–H groups in total. The van der Waals surface area contributed by atoms with Crippen molar-refractivity contribution in [1.82, 2.24) is 4.90 Å². The number of thioether (sulfide) groups is 1. The Morgan fingerprint density at radius 2 is 2.44 bits per heavy atom. The summed E-state index contributed by atoms with van der Waals surface area (Å²) in [5.74, 6) is 1.85. The van der Waals surface area contributed by atoms with Gasteiger partial charge in [-0.1, -0.05) is 6.92 Å². The molecule has 0 aliphatic carbocycles. The van der Waals surface area contributed by atoms with Gasteiger partial charge in [-0.25, -0.2) is 0 Å². The third-order valence-electron chi connectivity index (χ3n) is 4.16. The Kier molecular flexibility index (Phi) is 3.80. The molecule has 2 aliphatic rings. The minimum Gasteiger partial charge on any atom is -0.481 e. The third-order valence-corrected chi connectivity index (χ3v) is 5.30. The van der Waals surface area contributed by atoms with Crippen molar-refractivity contribution in [3.05, 3.63) is 0 Å². The molecule has 16 heavy (non-hydrogen) atoms. The fourth-order valence-electron chi connectivity index (χ4n) is 2.90. The van der Waals surface area contributed by atoms with Crippen LogP contribution in [0.2, 0.25) is 0 Å². The Morgan fingerprint density at radius 3 is 3.00 bits per heavy atom. The Labute approximate surface area is 102 Å². The molecule has 0 radical (unpaired) electrons. The van der Waals surface area contributed by atoms with E-state index in [4.69, 9.17) is 0 Å². The molecule has 92 valence electrons. The largest absolute Gasteiger partial charge is 0.481 e. The zero-order valence-corrected chi connectivity index (χ0v) is 10.8. The minimum atomic E-state index is -0.592. The Hall–Kier alpha value is -0.220. The van der Waals surface area contributed by atoms with E-state index in [1.54, 1.807) is 0 Å². The molecule has 0 amide bonds. The maximum atomic E-state index is 11.4.